The minimum atomic E-state index is -3.22. The van der Waals surface area contributed by atoms with E-state index in [1.165, 1.54) is 6.26 Å². The van der Waals surface area contributed by atoms with E-state index in [0.29, 0.717) is 17.9 Å². The van der Waals surface area contributed by atoms with Gasteiger partial charge in [-0.2, -0.15) is 5.26 Å². The lowest BCUT2D eigenvalue weighted by molar-refractivity contribution is 0.162. The summed E-state index contributed by atoms with van der Waals surface area (Å²) < 4.78 is 28.9. The highest BCUT2D eigenvalue weighted by Crippen LogP contribution is 2.25. The molecule has 2 aromatic rings. The van der Waals surface area contributed by atoms with E-state index in [1.807, 2.05) is 18.2 Å². The summed E-state index contributed by atoms with van der Waals surface area (Å²) in [6.07, 6.45) is 2.03. The minimum absolute atomic E-state index is 0.113. The Morgan fingerprint density at radius 2 is 1.90 bits per heavy atom. The fourth-order valence-corrected chi connectivity index (χ4v) is 4.31. The third kappa shape index (κ3) is 5.80. The molecule has 7 heteroatoms. The molecule has 1 aliphatic heterocycles. The first-order valence-corrected chi connectivity index (χ1v) is 11.5. The molecule has 3 rings (SSSR count). The number of aliphatic hydroxyl groups is 1. The van der Waals surface area contributed by atoms with Crippen LogP contribution in [0.3, 0.4) is 0 Å². The smallest absolute Gasteiger partial charge is 0.175 e. The van der Waals surface area contributed by atoms with Gasteiger partial charge in [0.1, 0.15) is 5.75 Å². The fourth-order valence-electron chi connectivity index (χ4n) is 3.68. The van der Waals surface area contributed by atoms with Gasteiger partial charge in [-0.15, -0.1) is 0 Å². The van der Waals surface area contributed by atoms with Crippen LogP contribution in [0, 0.1) is 23.2 Å². The van der Waals surface area contributed by atoms with E-state index >= 15 is 0 Å². The van der Waals surface area contributed by atoms with Gasteiger partial charge in [0.05, 0.1) is 23.1 Å². The van der Waals surface area contributed by atoms with Crippen molar-refractivity contribution >= 4 is 9.84 Å². The normalized spacial score (nSPS) is 19.8. The van der Waals surface area contributed by atoms with Crippen LogP contribution in [0.1, 0.15) is 11.1 Å². The second-order valence-corrected chi connectivity index (χ2v) is 9.59. The van der Waals surface area contributed by atoms with Gasteiger partial charge in [0.25, 0.3) is 0 Å². The molecule has 2 atom stereocenters. The zero-order valence-electron chi connectivity index (χ0n) is 16.5. The summed E-state index contributed by atoms with van der Waals surface area (Å²) in [5.74, 6) is 0.983. The van der Waals surface area contributed by atoms with Crippen LogP contribution in [0.25, 0.3) is 0 Å². The first-order valence-electron chi connectivity index (χ1n) is 9.64. The number of likely N-dealkylation sites (tertiary alicyclic amines) is 1. The first-order chi connectivity index (χ1) is 13.9. The van der Waals surface area contributed by atoms with E-state index in [9.17, 15) is 13.5 Å². The molecular formula is C22H26N2O4S. The Kier molecular flexibility index (Phi) is 6.91. The molecule has 0 aromatic heterocycles. The monoisotopic (exact) mass is 414 g/mol. The van der Waals surface area contributed by atoms with Gasteiger partial charge in [-0.05, 0) is 48.4 Å². The van der Waals surface area contributed by atoms with E-state index in [1.54, 1.807) is 30.3 Å². The molecule has 1 saturated heterocycles. The predicted octanol–water partition coefficient (Wildman–Crippen LogP) is 2.12. The van der Waals surface area contributed by atoms with E-state index < -0.39 is 9.84 Å². The number of benzene rings is 2. The molecule has 1 N–H and O–H groups in total. The molecule has 1 fully saturated rings. The maximum atomic E-state index is 11.5. The third-order valence-electron chi connectivity index (χ3n) is 5.38. The molecule has 0 radical (unpaired) electrons. The Morgan fingerprint density at radius 1 is 1.17 bits per heavy atom. The zero-order chi connectivity index (χ0) is 20.9. The molecule has 1 aliphatic rings. The Bertz CT molecular complexity index is 967. The summed E-state index contributed by atoms with van der Waals surface area (Å²) >= 11 is 0. The molecule has 0 bridgehead atoms. The quantitative estimate of drug-likeness (QED) is 0.712. The summed E-state index contributed by atoms with van der Waals surface area (Å²) in [5, 5.41) is 18.8. The second kappa shape index (κ2) is 9.40. The number of sulfone groups is 1. The molecule has 0 saturated carbocycles. The van der Waals surface area contributed by atoms with Gasteiger partial charge in [-0.1, -0.05) is 12.1 Å². The maximum absolute atomic E-state index is 11.5. The van der Waals surface area contributed by atoms with Crippen molar-refractivity contribution in [2.24, 2.45) is 11.8 Å². The predicted molar refractivity (Wildman–Crippen MR) is 110 cm³/mol. The van der Waals surface area contributed by atoms with Gasteiger partial charge in [0.2, 0.25) is 0 Å². The van der Waals surface area contributed by atoms with Gasteiger partial charge >= 0.3 is 0 Å². The molecule has 29 heavy (non-hydrogen) atoms. The molecule has 0 unspecified atom stereocenters. The summed E-state index contributed by atoms with van der Waals surface area (Å²) in [6.45, 7) is 3.11. The van der Waals surface area contributed by atoms with E-state index in [-0.39, 0.29) is 23.3 Å². The lowest BCUT2D eigenvalue weighted by Gasteiger charge is -2.17. The van der Waals surface area contributed by atoms with E-state index in [0.717, 1.165) is 31.6 Å². The highest BCUT2D eigenvalue weighted by Gasteiger charge is 2.32. The summed E-state index contributed by atoms with van der Waals surface area (Å²) in [5.41, 5.74) is 1.81. The molecule has 0 aliphatic carbocycles. The van der Waals surface area contributed by atoms with Crippen LogP contribution >= 0.6 is 0 Å². The highest BCUT2D eigenvalue weighted by atomic mass is 32.2. The minimum Gasteiger partial charge on any atom is -0.493 e. The molecule has 0 spiro atoms. The molecule has 2 aromatic carbocycles. The topological polar surface area (TPSA) is 90.6 Å². The molecule has 0 amide bonds. The number of nitrogens with zero attached hydrogens (tertiary/aromatic N) is 2. The van der Waals surface area contributed by atoms with Crippen molar-refractivity contribution in [3.05, 3.63) is 59.7 Å². The van der Waals surface area contributed by atoms with Gasteiger partial charge in [-0.3, -0.25) is 0 Å². The summed E-state index contributed by atoms with van der Waals surface area (Å²) in [6, 6.07) is 16.2. The van der Waals surface area contributed by atoms with Crippen LogP contribution in [0.2, 0.25) is 0 Å². The van der Waals surface area contributed by atoms with Crippen LogP contribution in [0.4, 0.5) is 0 Å². The molecule has 6 nitrogen and oxygen atoms in total. The maximum Gasteiger partial charge on any atom is 0.175 e. The van der Waals surface area contributed by atoms with E-state index in [4.69, 9.17) is 10.00 Å². The molecule has 1 heterocycles. The lowest BCUT2D eigenvalue weighted by Crippen LogP contribution is -2.24. The van der Waals surface area contributed by atoms with Gasteiger partial charge in [0.15, 0.2) is 9.84 Å². The summed E-state index contributed by atoms with van der Waals surface area (Å²) in [4.78, 5) is 2.59. The number of aliphatic hydroxyl groups excluding tert-OH is 1. The van der Waals surface area contributed by atoms with Crippen molar-refractivity contribution in [1.29, 1.82) is 5.26 Å². The second-order valence-electron chi connectivity index (χ2n) is 7.58. The van der Waals surface area contributed by atoms with Crippen LogP contribution in [0.15, 0.2) is 53.4 Å². The van der Waals surface area contributed by atoms with Crippen LogP contribution < -0.4 is 4.74 Å². The number of hydrogen-bond donors (Lipinski definition) is 1. The fraction of sp³-hybridized carbons (Fsp3) is 0.409. The number of hydrogen-bond acceptors (Lipinski definition) is 6. The average Bonchev–Trinajstić information content (AvgIpc) is 3.13. The van der Waals surface area contributed by atoms with Gasteiger partial charge in [0, 0.05) is 44.3 Å². The van der Waals surface area contributed by atoms with Crippen molar-refractivity contribution in [2.75, 3.05) is 39.1 Å². The van der Waals surface area contributed by atoms with Crippen molar-refractivity contribution < 1.29 is 18.3 Å². The van der Waals surface area contributed by atoms with Crippen LogP contribution in [-0.4, -0.2) is 57.5 Å². The van der Waals surface area contributed by atoms with Crippen LogP contribution in [-0.2, 0) is 16.3 Å². The molecular weight excluding hydrogens is 388 g/mol. The number of rotatable bonds is 8. The first kappa shape index (κ1) is 21.3. The Hall–Kier alpha value is -2.40. The third-order valence-corrected chi connectivity index (χ3v) is 6.50. The highest BCUT2D eigenvalue weighted by molar-refractivity contribution is 7.90. The standard InChI is InChI=1S/C22H26N2O4S/c1-29(26,27)22-7-5-21(6-8-22)28-16-20-14-24(13-19(20)15-25)10-9-17-3-2-4-18(11-17)12-23/h2-8,11,19-20,25H,9-10,13-16H2,1H3/t19-,20-/m0/s1. The lowest BCUT2D eigenvalue weighted by atomic mass is 9.98. The molecule has 154 valence electrons. The SMILES string of the molecule is CS(=O)(=O)c1ccc(OC[C@@H]2CN(CCc3cccc(C#N)c3)C[C@H]2CO)cc1. The Balaban J connectivity index is 1.53. The van der Waals surface area contributed by atoms with Crippen molar-refractivity contribution in [3.63, 3.8) is 0 Å². The number of nitriles is 1. The average molecular weight is 415 g/mol. The van der Waals surface area contributed by atoms with Crippen molar-refractivity contribution in [1.82, 2.24) is 4.90 Å². The number of ether oxygens (including phenoxy) is 1. The van der Waals surface area contributed by atoms with Crippen LogP contribution in [0.5, 0.6) is 5.75 Å². The largest absolute Gasteiger partial charge is 0.493 e. The van der Waals surface area contributed by atoms with Gasteiger partial charge in [-0.25, -0.2) is 8.42 Å². The Morgan fingerprint density at radius 3 is 2.55 bits per heavy atom. The zero-order valence-corrected chi connectivity index (χ0v) is 17.3. The van der Waals surface area contributed by atoms with Gasteiger partial charge < -0.3 is 14.7 Å². The van der Waals surface area contributed by atoms with Crippen molar-refractivity contribution in [3.8, 4) is 11.8 Å². The summed E-state index contributed by atoms with van der Waals surface area (Å²) in [7, 11) is -3.22. The Labute approximate surface area is 172 Å². The van der Waals surface area contributed by atoms with Crippen molar-refractivity contribution in [2.45, 2.75) is 11.3 Å². The van der Waals surface area contributed by atoms with E-state index in [2.05, 4.69) is 11.0 Å².